The number of hydrogen-bond acceptors (Lipinski definition) is 4. The van der Waals surface area contributed by atoms with Crippen LogP contribution in [0, 0.1) is 0 Å². The highest BCUT2D eigenvalue weighted by atomic mass is 32.2. The quantitative estimate of drug-likeness (QED) is 0.761. The second kappa shape index (κ2) is 5.41. The minimum absolute atomic E-state index is 0.0151. The number of nitrogens with two attached hydrogens (primary N) is 1. The summed E-state index contributed by atoms with van der Waals surface area (Å²) in [5.41, 5.74) is 6.25. The molecule has 0 spiro atoms. The molecule has 2 rings (SSSR count). The van der Waals surface area contributed by atoms with Crippen LogP contribution in [-0.4, -0.2) is 25.6 Å². The third-order valence-corrected chi connectivity index (χ3v) is 4.80. The molecule has 4 N–H and O–H groups in total. The summed E-state index contributed by atoms with van der Waals surface area (Å²) in [5, 5.41) is 2.75. The van der Waals surface area contributed by atoms with E-state index in [1.54, 1.807) is 31.2 Å². The van der Waals surface area contributed by atoms with Crippen LogP contribution in [0.25, 0.3) is 0 Å². The summed E-state index contributed by atoms with van der Waals surface area (Å²) in [5.74, 6) is -0.174. The van der Waals surface area contributed by atoms with Gasteiger partial charge in [-0.1, -0.05) is 0 Å². The summed E-state index contributed by atoms with van der Waals surface area (Å²) < 4.78 is 25.3. The van der Waals surface area contributed by atoms with E-state index in [4.69, 9.17) is 5.73 Å². The molecule has 1 fully saturated rings. The molecule has 0 unspecified atom stereocenters. The Morgan fingerprint density at radius 3 is 2.25 bits per heavy atom. The number of carbonyl (C=O) groups excluding carboxylic acids is 1. The molecule has 0 radical (unpaired) electrons. The summed E-state index contributed by atoms with van der Waals surface area (Å²) >= 11 is 0. The number of sulfonamides is 1. The first-order chi connectivity index (χ1) is 9.35. The van der Waals surface area contributed by atoms with E-state index in [-0.39, 0.29) is 11.7 Å². The number of anilines is 2. The van der Waals surface area contributed by atoms with Gasteiger partial charge in [-0.3, -0.25) is 9.52 Å². The summed E-state index contributed by atoms with van der Waals surface area (Å²) in [6, 6.07) is 6.50. The lowest BCUT2D eigenvalue weighted by Crippen LogP contribution is -2.56. The minimum Gasteiger partial charge on any atom is -0.324 e. The van der Waals surface area contributed by atoms with Crippen LogP contribution in [0.2, 0.25) is 0 Å². The number of amides is 1. The maximum Gasteiger partial charge on any atom is 0.244 e. The van der Waals surface area contributed by atoms with E-state index in [1.807, 2.05) is 0 Å². The van der Waals surface area contributed by atoms with Crippen LogP contribution >= 0.6 is 0 Å². The van der Waals surface area contributed by atoms with Crippen molar-refractivity contribution in [1.82, 2.24) is 0 Å². The summed E-state index contributed by atoms with van der Waals surface area (Å²) in [6.45, 7) is 1.57. The van der Waals surface area contributed by atoms with E-state index < -0.39 is 15.6 Å². The van der Waals surface area contributed by atoms with Crippen molar-refractivity contribution in [2.45, 2.75) is 31.7 Å². The number of hydrogen-bond donors (Lipinski definition) is 3. The topological polar surface area (TPSA) is 101 Å². The largest absolute Gasteiger partial charge is 0.324 e. The molecule has 0 bridgehead atoms. The second-order valence-electron chi connectivity index (χ2n) is 5.05. The summed E-state index contributed by atoms with van der Waals surface area (Å²) in [6.07, 6.45) is 2.38. The van der Waals surface area contributed by atoms with Gasteiger partial charge in [-0.05, 0) is 50.5 Å². The predicted molar refractivity (Wildman–Crippen MR) is 78.9 cm³/mol. The first-order valence-corrected chi connectivity index (χ1v) is 8.21. The Morgan fingerprint density at radius 1 is 1.25 bits per heavy atom. The molecule has 6 nitrogen and oxygen atoms in total. The number of benzene rings is 1. The van der Waals surface area contributed by atoms with E-state index in [9.17, 15) is 13.2 Å². The Morgan fingerprint density at radius 2 is 1.80 bits per heavy atom. The average Bonchev–Trinajstić information content (AvgIpc) is 2.38. The summed E-state index contributed by atoms with van der Waals surface area (Å²) in [7, 11) is -3.28. The highest BCUT2D eigenvalue weighted by Crippen LogP contribution is 2.30. The minimum atomic E-state index is -3.28. The van der Waals surface area contributed by atoms with E-state index >= 15 is 0 Å². The van der Waals surface area contributed by atoms with Crippen molar-refractivity contribution in [1.29, 1.82) is 0 Å². The number of nitrogens with one attached hydrogen (secondary N) is 2. The normalized spacial score (nSPS) is 17.1. The smallest absolute Gasteiger partial charge is 0.244 e. The molecular formula is C13H19N3O3S. The van der Waals surface area contributed by atoms with Gasteiger partial charge in [0.15, 0.2) is 0 Å². The lowest BCUT2D eigenvalue weighted by Gasteiger charge is -2.36. The van der Waals surface area contributed by atoms with Gasteiger partial charge in [0.2, 0.25) is 15.9 Å². The van der Waals surface area contributed by atoms with Gasteiger partial charge in [0.1, 0.15) is 0 Å². The van der Waals surface area contributed by atoms with Crippen molar-refractivity contribution in [2.24, 2.45) is 5.73 Å². The van der Waals surface area contributed by atoms with E-state index in [0.29, 0.717) is 24.2 Å². The van der Waals surface area contributed by atoms with E-state index in [1.165, 1.54) is 0 Å². The van der Waals surface area contributed by atoms with Gasteiger partial charge in [0, 0.05) is 11.4 Å². The maximum absolute atomic E-state index is 11.9. The van der Waals surface area contributed by atoms with E-state index in [0.717, 1.165) is 6.42 Å². The Hall–Kier alpha value is -1.60. The Kier molecular flexibility index (Phi) is 4.01. The fourth-order valence-corrected chi connectivity index (χ4v) is 2.55. The van der Waals surface area contributed by atoms with Crippen molar-refractivity contribution in [3.63, 3.8) is 0 Å². The van der Waals surface area contributed by atoms with Crippen LogP contribution in [0.5, 0.6) is 0 Å². The van der Waals surface area contributed by atoms with Crippen LogP contribution in [-0.2, 0) is 14.8 Å². The fraction of sp³-hybridized carbons (Fsp3) is 0.462. The molecular weight excluding hydrogens is 278 g/mol. The average molecular weight is 297 g/mol. The Labute approximate surface area is 118 Å². The second-order valence-corrected chi connectivity index (χ2v) is 7.06. The molecule has 0 saturated heterocycles. The first-order valence-electron chi connectivity index (χ1n) is 6.55. The molecule has 20 heavy (non-hydrogen) atoms. The van der Waals surface area contributed by atoms with Gasteiger partial charge in [-0.2, -0.15) is 0 Å². The zero-order valence-corrected chi connectivity index (χ0v) is 12.2. The lowest BCUT2D eigenvalue weighted by molar-refractivity contribution is -0.123. The van der Waals surface area contributed by atoms with Gasteiger partial charge in [-0.25, -0.2) is 8.42 Å². The first kappa shape index (κ1) is 14.8. The SMILES string of the molecule is CCS(=O)(=O)Nc1ccc(NC(=O)C2(N)CCC2)cc1. The van der Waals surface area contributed by atoms with E-state index in [2.05, 4.69) is 10.0 Å². The van der Waals surface area contributed by atoms with Crippen molar-refractivity contribution in [3.8, 4) is 0 Å². The highest BCUT2D eigenvalue weighted by molar-refractivity contribution is 7.92. The lowest BCUT2D eigenvalue weighted by atomic mass is 9.77. The van der Waals surface area contributed by atoms with Crippen molar-refractivity contribution >= 4 is 27.3 Å². The molecule has 1 aliphatic rings. The third-order valence-electron chi connectivity index (χ3n) is 3.49. The van der Waals surface area contributed by atoms with Gasteiger partial charge in [0.25, 0.3) is 0 Å². The standard InChI is InChI=1S/C13H19N3O3S/c1-2-20(18,19)16-11-6-4-10(5-7-11)15-12(17)13(14)8-3-9-13/h4-7,16H,2-3,8-9,14H2,1H3,(H,15,17). The molecule has 0 atom stereocenters. The molecule has 1 aliphatic carbocycles. The highest BCUT2D eigenvalue weighted by Gasteiger charge is 2.40. The van der Waals surface area contributed by atoms with Gasteiger partial charge in [-0.15, -0.1) is 0 Å². The van der Waals surface area contributed by atoms with Crippen molar-refractivity contribution < 1.29 is 13.2 Å². The van der Waals surface area contributed by atoms with Gasteiger partial charge in [0.05, 0.1) is 11.3 Å². The van der Waals surface area contributed by atoms with Crippen LogP contribution < -0.4 is 15.8 Å². The zero-order chi connectivity index (χ0) is 14.8. The Balaban J connectivity index is 2.00. The van der Waals surface area contributed by atoms with Gasteiger partial charge >= 0.3 is 0 Å². The molecule has 1 saturated carbocycles. The zero-order valence-electron chi connectivity index (χ0n) is 11.3. The number of rotatable bonds is 5. The summed E-state index contributed by atoms with van der Waals surface area (Å²) in [4.78, 5) is 11.9. The van der Waals surface area contributed by atoms with Gasteiger partial charge < -0.3 is 11.1 Å². The fourth-order valence-electron chi connectivity index (χ4n) is 1.91. The monoisotopic (exact) mass is 297 g/mol. The number of carbonyl (C=O) groups is 1. The predicted octanol–water partition coefficient (Wildman–Crippen LogP) is 1.27. The van der Waals surface area contributed by atoms with Crippen LogP contribution in [0.4, 0.5) is 11.4 Å². The van der Waals surface area contributed by atoms with Crippen molar-refractivity contribution in [2.75, 3.05) is 15.8 Å². The molecule has 1 amide bonds. The molecule has 1 aromatic carbocycles. The Bertz CT molecular complexity index is 592. The van der Waals surface area contributed by atoms with Crippen LogP contribution in [0.3, 0.4) is 0 Å². The molecule has 1 aromatic rings. The molecule has 0 heterocycles. The molecule has 110 valence electrons. The molecule has 0 aromatic heterocycles. The van der Waals surface area contributed by atoms with Crippen LogP contribution in [0.1, 0.15) is 26.2 Å². The molecule has 7 heteroatoms. The van der Waals surface area contributed by atoms with Crippen LogP contribution in [0.15, 0.2) is 24.3 Å². The maximum atomic E-state index is 11.9. The third kappa shape index (κ3) is 3.29. The molecule has 0 aliphatic heterocycles. The van der Waals surface area contributed by atoms with Crippen molar-refractivity contribution in [3.05, 3.63) is 24.3 Å².